The van der Waals surface area contributed by atoms with Crippen LogP contribution in [0, 0.1) is 12.3 Å². The Morgan fingerprint density at radius 1 is 0.849 bits per heavy atom. The highest BCUT2D eigenvalue weighted by Gasteiger charge is 2.43. The molecule has 12 nitrogen and oxygen atoms in total. The lowest BCUT2D eigenvalue weighted by Crippen LogP contribution is -2.57. The third-order valence-electron chi connectivity index (χ3n) is 9.87. The Morgan fingerprint density at radius 2 is 1.49 bits per heavy atom. The summed E-state index contributed by atoms with van der Waals surface area (Å²) in [5.74, 6) is -0.703. The van der Waals surface area contributed by atoms with Crippen LogP contribution in [0.5, 0.6) is 0 Å². The first-order valence-electron chi connectivity index (χ1n) is 18.1. The predicted octanol–water partition coefficient (Wildman–Crippen LogP) is 5.17. The number of aromatic nitrogens is 2. The van der Waals surface area contributed by atoms with Gasteiger partial charge >= 0.3 is 0 Å². The molecule has 4 aromatic rings. The summed E-state index contributed by atoms with van der Waals surface area (Å²) in [6.45, 7) is 8.75. The topological polar surface area (TPSA) is 164 Å². The number of nitrogens with two attached hydrogens (primary N) is 1. The van der Waals surface area contributed by atoms with Gasteiger partial charge in [0.1, 0.15) is 11.4 Å². The van der Waals surface area contributed by atoms with Gasteiger partial charge in [0.15, 0.2) is 0 Å². The van der Waals surface area contributed by atoms with E-state index in [2.05, 4.69) is 36.1 Å². The van der Waals surface area contributed by atoms with Gasteiger partial charge in [-0.2, -0.15) is 0 Å². The van der Waals surface area contributed by atoms with Crippen LogP contribution in [0.3, 0.4) is 0 Å². The van der Waals surface area contributed by atoms with Crippen LogP contribution >= 0.6 is 11.6 Å². The molecule has 0 saturated carbocycles. The van der Waals surface area contributed by atoms with Crippen LogP contribution in [0.2, 0.25) is 5.02 Å². The average molecular weight is 739 g/mol. The molecule has 6 rings (SSSR count). The fraction of sp³-hybridized carbons (Fsp3) is 0.375. The Labute approximate surface area is 315 Å². The molecule has 2 aliphatic rings. The van der Waals surface area contributed by atoms with E-state index in [1.54, 1.807) is 30.6 Å². The lowest BCUT2D eigenvalue weighted by Gasteiger charge is -2.52. The van der Waals surface area contributed by atoms with Crippen LogP contribution in [-0.4, -0.2) is 78.5 Å². The van der Waals surface area contributed by atoms with Crippen molar-refractivity contribution in [3.05, 3.63) is 106 Å². The number of anilines is 2. The van der Waals surface area contributed by atoms with Crippen molar-refractivity contribution in [1.82, 2.24) is 25.5 Å². The molecular weight excluding hydrogens is 692 g/mol. The summed E-state index contributed by atoms with van der Waals surface area (Å²) < 4.78 is 5.53. The summed E-state index contributed by atoms with van der Waals surface area (Å²) >= 11 is 6.89. The second kappa shape index (κ2) is 17.9. The zero-order valence-corrected chi connectivity index (χ0v) is 30.8. The average Bonchev–Trinajstić information content (AvgIpc) is 3.16. The lowest BCUT2D eigenvalue weighted by molar-refractivity contribution is -0.121. The summed E-state index contributed by atoms with van der Waals surface area (Å²) in [5, 5.41) is 12.4. The van der Waals surface area contributed by atoms with Gasteiger partial charge in [0.25, 0.3) is 11.8 Å². The van der Waals surface area contributed by atoms with E-state index in [0.29, 0.717) is 72.1 Å². The highest BCUT2D eigenvalue weighted by molar-refractivity contribution is 6.36. The van der Waals surface area contributed by atoms with Gasteiger partial charge in [-0.3, -0.25) is 29.3 Å². The molecule has 4 heterocycles. The quantitative estimate of drug-likeness (QED) is 0.104. The van der Waals surface area contributed by atoms with Crippen molar-refractivity contribution in [1.29, 1.82) is 0 Å². The number of hydrogen-bond donors (Lipinski definition) is 5. The molecule has 0 unspecified atom stereocenters. The molecular formula is C40H47ClN8O4. The third kappa shape index (κ3) is 9.83. The molecule has 3 amide bonds. The molecule has 6 N–H and O–H groups in total. The van der Waals surface area contributed by atoms with Gasteiger partial charge in [-0.25, -0.2) is 0 Å². The first-order chi connectivity index (χ1) is 25.7. The highest BCUT2D eigenvalue weighted by Crippen LogP contribution is 2.40. The van der Waals surface area contributed by atoms with Crippen LogP contribution in [0.15, 0.2) is 73.1 Å². The van der Waals surface area contributed by atoms with E-state index in [9.17, 15) is 14.4 Å². The number of likely N-dealkylation sites (tertiary alicyclic amines) is 1. The van der Waals surface area contributed by atoms with Crippen molar-refractivity contribution in [2.24, 2.45) is 11.1 Å². The summed E-state index contributed by atoms with van der Waals surface area (Å²) in [4.78, 5) is 49.3. The zero-order valence-electron chi connectivity index (χ0n) is 30.1. The molecule has 2 aromatic carbocycles. The molecule has 0 aliphatic carbocycles. The van der Waals surface area contributed by atoms with Crippen molar-refractivity contribution >= 4 is 40.7 Å². The van der Waals surface area contributed by atoms with E-state index in [1.165, 1.54) is 0 Å². The molecule has 1 spiro atoms. The number of carbonyl (C=O) groups is 3. The molecule has 13 heteroatoms. The minimum absolute atomic E-state index is 0.00742. The smallest absolute Gasteiger partial charge is 0.274 e. The molecule has 2 aliphatic heterocycles. The Bertz CT molecular complexity index is 1890. The number of halogens is 1. The fourth-order valence-corrected chi connectivity index (χ4v) is 7.13. The van der Waals surface area contributed by atoms with Crippen molar-refractivity contribution in [2.75, 3.05) is 56.6 Å². The van der Waals surface area contributed by atoms with E-state index >= 15 is 0 Å². The zero-order chi connectivity index (χ0) is 37.2. The van der Waals surface area contributed by atoms with Gasteiger partial charge in [0, 0.05) is 88.0 Å². The molecule has 53 heavy (non-hydrogen) atoms. The molecule has 2 aromatic heterocycles. The van der Waals surface area contributed by atoms with Gasteiger partial charge in [0.2, 0.25) is 5.91 Å². The van der Waals surface area contributed by atoms with Crippen LogP contribution in [0.4, 0.5) is 11.4 Å². The van der Waals surface area contributed by atoms with E-state index in [0.717, 1.165) is 67.9 Å². The normalized spacial score (nSPS) is 15.1. The van der Waals surface area contributed by atoms with E-state index in [4.69, 9.17) is 22.1 Å². The number of nitrogens with one attached hydrogen (secondary N) is 4. The Morgan fingerprint density at radius 3 is 2.15 bits per heavy atom. The van der Waals surface area contributed by atoms with Crippen LogP contribution in [-0.2, 0) is 22.6 Å². The van der Waals surface area contributed by atoms with Crippen molar-refractivity contribution in [2.45, 2.75) is 45.7 Å². The van der Waals surface area contributed by atoms with Gasteiger partial charge in [0.05, 0.1) is 10.7 Å². The maximum absolute atomic E-state index is 13.2. The predicted molar refractivity (Wildman–Crippen MR) is 207 cm³/mol. The molecule has 0 bridgehead atoms. The van der Waals surface area contributed by atoms with Gasteiger partial charge in [-0.05, 0) is 79.3 Å². The van der Waals surface area contributed by atoms with Crippen LogP contribution in [0.1, 0.15) is 63.4 Å². The number of ether oxygens (including phenoxy) is 1. The lowest BCUT2D eigenvalue weighted by atomic mass is 9.73. The summed E-state index contributed by atoms with van der Waals surface area (Å²) in [6.07, 6.45) is 6.78. The van der Waals surface area contributed by atoms with Gasteiger partial charge < -0.3 is 31.7 Å². The first-order valence-corrected chi connectivity index (χ1v) is 18.5. The summed E-state index contributed by atoms with van der Waals surface area (Å²) in [5.41, 5.74) is 11.8. The Balaban J connectivity index is 1.02. The van der Waals surface area contributed by atoms with E-state index < -0.39 is 0 Å². The Kier molecular flexibility index (Phi) is 12.8. The second-order valence-electron chi connectivity index (χ2n) is 13.8. The number of hydrogen-bond acceptors (Lipinski definition) is 9. The maximum atomic E-state index is 13.2. The number of carbonyl (C=O) groups excluding carboxylic acids is 3. The minimum atomic E-state index is -0.352. The number of amides is 3. The van der Waals surface area contributed by atoms with Gasteiger partial charge in [-0.1, -0.05) is 48.0 Å². The van der Waals surface area contributed by atoms with Crippen molar-refractivity contribution in [3.63, 3.8) is 0 Å². The maximum Gasteiger partial charge on any atom is 0.274 e. The number of rotatable bonds is 15. The number of nitrogens with zero attached hydrogens (tertiary/aromatic N) is 3. The summed E-state index contributed by atoms with van der Waals surface area (Å²) in [6, 6.07) is 18.3. The minimum Gasteiger partial charge on any atom is -0.381 e. The second-order valence-corrected chi connectivity index (χ2v) is 14.2. The standard InChI is InChI=1S/C40H47ClN8O4/c1-27-30(5-2-7-32(27)47-38(51)34-12-10-28(22-45-34)21-43-17-18-44-36(50)9-4-16-42)31-6-3-8-33(37(31)41)48-39(52)35-13-11-29(23-46-35)24-49-25-40(26-49)14-19-53-20-15-40/h2-3,5-8,10-13,22-23,43H,4,9,14-21,24-26,42H2,1H3,(H,44,50)(H,47,51)(H,48,52). The molecule has 2 fully saturated rings. The Hall–Kier alpha value is -4.72. The number of pyridine rings is 2. The molecule has 0 radical (unpaired) electrons. The first kappa shape index (κ1) is 38.0. The van der Waals surface area contributed by atoms with Crippen molar-refractivity contribution in [3.8, 4) is 11.1 Å². The number of benzene rings is 2. The van der Waals surface area contributed by atoms with Crippen LogP contribution in [0.25, 0.3) is 11.1 Å². The third-order valence-corrected chi connectivity index (χ3v) is 10.3. The molecule has 278 valence electrons. The van der Waals surface area contributed by atoms with Crippen molar-refractivity contribution < 1.29 is 19.1 Å². The monoisotopic (exact) mass is 738 g/mol. The van der Waals surface area contributed by atoms with Gasteiger partial charge in [-0.15, -0.1) is 0 Å². The molecule has 2 saturated heterocycles. The summed E-state index contributed by atoms with van der Waals surface area (Å²) in [7, 11) is 0. The van der Waals surface area contributed by atoms with E-state index in [1.807, 2.05) is 49.4 Å². The van der Waals surface area contributed by atoms with Crippen LogP contribution < -0.4 is 27.0 Å². The fourth-order valence-electron chi connectivity index (χ4n) is 6.85. The van der Waals surface area contributed by atoms with E-state index in [-0.39, 0.29) is 23.4 Å². The highest BCUT2D eigenvalue weighted by atomic mass is 35.5. The largest absolute Gasteiger partial charge is 0.381 e. The molecule has 0 atom stereocenters. The SMILES string of the molecule is Cc1c(NC(=O)c2ccc(CNCCNC(=O)CCCN)cn2)cccc1-c1cccc(NC(=O)c2ccc(CN3CC4(CCOCC4)C3)cn2)c1Cl.